The second kappa shape index (κ2) is 4.56. The summed E-state index contributed by atoms with van der Waals surface area (Å²) < 4.78 is 5.32. The van der Waals surface area contributed by atoms with Gasteiger partial charge in [-0.3, -0.25) is 4.79 Å². The molecule has 0 saturated carbocycles. The van der Waals surface area contributed by atoms with Gasteiger partial charge in [0.15, 0.2) is 0 Å². The topological polar surface area (TPSA) is 62.5 Å². The maximum absolute atomic E-state index is 12.0. The zero-order valence-electron chi connectivity index (χ0n) is 10.6. The molecule has 2 N–H and O–H groups in total. The van der Waals surface area contributed by atoms with Gasteiger partial charge in [0, 0.05) is 5.69 Å². The van der Waals surface area contributed by atoms with E-state index in [9.17, 15) is 9.90 Å². The Bertz CT molecular complexity index is 599. The quantitative estimate of drug-likeness (QED) is 0.799. The Morgan fingerprint density at radius 3 is 2.50 bits per heavy atom. The molecular formula is C14H15NO3. The molecule has 0 saturated heterocycles. The summed E-state index contributed by atoms with van der Waals surface area (Å²) in [6.07, 6.45) is 0. The number of carbonyl (C=O) groups is 1. The van der Waals surface area contributed by atoms with Crippen molar-refractivity contribution < 1.29 is 14.3 Å². The molecule has 0 aliphatic carbocycles. The van der Waals surface area contributed by atoms with Crippen molar-refractivity contribution in [1.29, 1.82) is 0 Å². The maximum Gasteiger partial charge on any atom is 0.259 e. The van der Waals surface area contributed by atoms with Crippen molar-refractivity contribution >= 4 is 11.6 Å². The lowest BCUT2D eigenvalue weighted by Crippen LogP contribution is -2.12. The van der Waals surface area contributed by atoms with Crippen LogP contribution in [0.3, 0.4) is 0 Å². The van der Waals surface area contributed by atoms with Crippen LogP contribution in [0.5, 0.6) is 5.75 Å². The summed E-state index contributed by atoms with van der Waals surface area (Å²) in [7, 11) is 0. The normalized spacial score (nSPS) is 10.4. The Morgan fingerprint density at radius 1 is 1.22 bits per heavy atom. The zero-order chi connectivity index (χ0) is 13.3. The SMILES string of the molecule is Cc1cc(C(=O)Nc2ccc(O)c(C)c2)c(C)o1. The van der Waals surface area contributed by atoms with Gasteiger partial charge in [-0.15, -0.1) is 0 Å². The van der Waals surface area contributed by atoms with Crippen molar-refractivity contribution in [2.24, 2.45) is 0 Å². The second-order valence-electron chi connectivity index (χ2n) is 4.28. The van der Waals surface area contributed by atoms with Crippen molar-refractivity contribution in [3.8, 4) is 5.75 Å². The van der Waals surface area contributed by atoms with Crippen molar-refractivity contribution in [2.45, 2.75) is 20.8 Å². The highest BCUT2D eigenvalue weighted by Crippen LogP contribution is 2.21. The number of furan rings is 1. The van der Waals surface area contributed by atoms with Gasteiger partial charge < -0.3 is 14.8 Å². The van der Waals surface area contributed by atoms with Gasteiger partial charge in [0.2, 0.25) is 0 Å². The molecule has 4 nitrogen and oxygen atoms in total. The van der Waals surface area contributed by atoms with E-state index in [0.717, 1.165) is 0 Å². The fourth-order valence-corrected chi connectivity index (χ4v) is 1.79. The highest BCUT2D eigenvalue weighted by molar-refractivity contribution is 6.05. The van der Waals surface area contributed by atoms with E-state index in [0.29, 0.717) is 28.3 Å². The molecule has 0 bridgehead atoms. The fourth-order valence-electron chi connectivity index (χ4n) is 1.79. The van der Waals surface area contributed by atoms with Crippen LogP contribution in [-0.4, -0.2) is 11.0 Å². The Morgan fingerprint density at radius 2 is 1.94 bits per heavy atom. The molecule has 4 heteroatoms. The molecule has 2 rings (SSSR count). The lowest BCUT2D eigenvalue weighted by Gasteiger charge is -2.06. The predicted octanol–water partition coefficient (Wildman–Crippen LogP) is 3.16. The van der Waals surface area contributed by atoms with E-state index in [4.69, 9.17) is 4.42 Å². The van der Waals surface area contributed by atoms with E-state index < -0.39 is 0 Å². The lowest BCUT2D eigenvalue weighted by molar-refractivity contribution is 0.102. The molecule has 2 aromatic rings. The molecule has 0 fully saturated rings. The minimum Gasteiger partial charge on any atom is -0.508 e. The van der Waals surface area contributed by atoms with Gasteiger partial charge >= 0.3 is 0 Å². The van der Waals surface area contributed by atoms with E-state index >= 15 is 0 Å². The van der Waals surface area contributed by atoms with E-state index in [1.807, 2.05) is 0 Å². The van der Waals surface area contributed by atoms with Crippen molar-refractivity contribution in [1.82, 2.24) is 0 Å². The molecule has 0 aliphatic rings. The summed E-state index contributed by atoms with van der Waals surface area (Å²) >= 11 is 0. The van der Waals surface area contributed by atoms with Crippen LogP contribution in [0, 0.1) is 20.8 Å². The Balaban J connectivity index is 2.21. The smallest absolute Gasteiger partial charge is 0.259 e. The average Bonchev–Trinajstić information content (AvgIpc) is 2.63. The molecule has 0 spiro atoms. The average molecular weight is 245 g/mol. The van der Waals surface area contributed by atoms with Crippen molar-refractivity contribution in [3.63, 3.8) is 0 Å². The van der Waals surface area contributed by atoms with Crippen LogP contribution in [0.25, 0.3) is 0 Å². The third-order valence-electron chi connectivity index (χ3n) is 2.74. The molecule has 0 atom stereocenters. The van der Waals surface area contributed by atoms with Crippen molar-refractivity contribution in [3.05, 3.63) is 46.9 Å². The number of nitrogens with one attached hydrogen (secondary N) is 1. The Labute approximate surface area is 105 Å². The number of phenols is 1. The zero-order valence-corrected chi connectivity index (χ0v) is 10.6. The van der Waals surface area contributed by atoms with Gasteiger partial charge in [0.25, 0.3) is 5.91 Å². The Kier molecular flexibility index (Phi) is 3.10. The number of anilines is 1. The number of benzene rings is 1. The van der Waals surface area contributed by atoms with Crippen LogP contribution in [0.15, 0.2) is 28.7 Å². The summed E-state index contributed by atoms with van der Waals surface area (Å²) in [5, 5.41) is 12.2. The van der Waals surface area contributed by atoms with Crippen molar-refractivity contribution in [2.75, 3.05) is 5.32 Å². The van der Waals surface area contributed by atoms with Crippen LogP contribution in [0.4, 0.5) is 5.69 Å². The molecule has 1 amide bonds. The molecule has 1 heterocycles. The molecule has 94 valence electrons. The van der Waals surface area contributed by atoms with E-state index in [1.54, 1.807) is 45.0 Å². The van der Waals surface area contributed by atoms with E-state index in [2.05, 4.69) is 5.32 Å². The molecule has 18 heavy (non-hydrogen) atoms. The number of amides is 1. The summed E-state index contributed by atoms with van der Waals surface area (Å²) in [4.78, 5) is 12.0. The highest BCUT2D eigenvalue weighted by Gasteiger charge is 2.13. The van der Waals surface area contributed by atoms with Crippen LogP contribution in [0.2, 0.25) is 0 Å². The van der Waals surface area contributed by atoms with E-state index in [1.165, 1.54) is 0 Å². The van der Waals surface area contributed by atoms with Gasteiger partial charge in [-0.1, -0.05) is 0 Å². The minimum atomic E-state index is -0.213. The van der Waals surface area contributed by atoms with Gasteiger partial charge in [0.05, 0.1) is 5.56 Å². The summed E-state index contributed by atoms with van der Waals surface area (Å²) in [6.45, 7) is 5.33. The monoisotopic (exact) mass is 245 g/mol. The third kappa shape index (κ3) is 2.37. The first kappa shape index (κ1) is 12.2. The summed E-state index contributed by atoms with van der Waals surface area (Å²) in [6, 6.07) is 6.63. The van der Waals surface area contributed by atoms with Gasteiger partial charge in [0.1, 0.15) is 17.3 Å². The van der Waals surface area contributed by atoms with Gasteiger partial charge in [-0.25, -0.2) is 0 Å². The predicted molar refractivity (Wildman–Crippen MR) is 69.0 cm³/mol. The summed E-state index contributed by atoms with van der Waals surface area (Å²) in [5.74, 6) is 1.30. The molecule has 0 aliphatic heterocycles. The number of carbonyl (C=O) groups excluding carboxylic acids is 1. The first-order valence-electron chi connectivity index (χ1n) is 5.65. The van der Waals surface area contributed by atoms with Crippen LogP contribution >= 0.6 is 0 Å². The number of aromatic hydroxyl groups is 1. The lowest BCUT2D eigenvalue weighted by atomic mass is 10.2. The largest absolute Gasteiger partial charge is 0.508 e. The molecular weight excluding hydrogens is 230 g/mol. The van der Waals surface area contributed by atoms with Gasteiger partial charge in [-0.2, -0.15) is 0 Å². The number of hydrogen-bond acceptors (Lipinski definition) is 3. The second-order valence-corrected chi connectivity index (χ2v) is 4.28. The van der Waals surface area contributed by atoms with Crippen LogP contribution in [0.1, 0.15) is 27.4 Å². The molecule has 0 unspecified atom stereocenters. The fraction of sp³-hybridized carbons (Fsp3) is 0.214. The first-order valence-corrected chi connectivity index (χ1v) is 5.65. The highest BCUT2D eigenvalue weighted by atomic mass is 16.3. The number of phenolic OH excluding ortho intramolecular Hbond substituents is 1. The number of rotatable bonds is 2. The van der Waals surface area contributed by atoms with E-state index in [-0.39, 0.29) is 11.7 Å². The van der Waals surface area contributed by atoms with Crippen LogP contribution < -0.4 is 5.32 Å². The first-order chi connectivity index (χ1) is 8.47. The minimum absolute atomic E-state index is 0.211. The molecule has 1 aromatic carbocycles. The molecule has 1 aromatic heterocycles. The van der Waals surface area contributed by atoms with Crippen LogP contribution in [-0.2, 0) is 0 Å². The van der Waals surface area contributed by atoms with Gasteiger partial charge in [-0.05, 0) is 50.6 Å². The third-order valence-corrected chi connectivity index (χ3v) is 2.74. The number of hydrogen-bond donors (Lipinski definition) is 2. The summed E-state index contributed by atoms with van der Waals surface area (Å²) in [5.41, 5.74) is 1.89. The standard InChI is InChI=1S/C14H15NO3/c1-8-6-11(4-5-13(8)16)15-14(17)12-7-9(2)18-10(12)3/h4-7,16H,1-3H3,(H,15,17). The molecule has 0 radical (unpaired) electrons. The Hall–Kier alpha value is -2.23. The maximum atomic E-state index is 12.0. The number of aryl methyl sites for hydroxylation is 3.